The van der Waals surface area contributed by atoms with Crippen LogP contribution in [0.5, 0.6) is 0 Å². The lowest BCUT2D eigenvalue weighted by Gasteiger charge is -2.23. The standard InChI is InChI=1S/C12H20O4/c13-7-1-2-8-16-12(15)11-5-3-10(9-14)4-6-11/h9-11,13H,1-8H2. The maximum Gasteiger partial charge on any atom is 0.308 e. The first-order valence-corrected chi connectivity index (χ1v) is 6.00. The fraction of sp³-hybridized carbons (Fsp3) is 0.833. The van der Waals surface area contributed by atoms with Gasteiger partial charge in [-0.3, -0.25) is 4.79 Å². The molecule has 0 aromatic rings. The van der Waals surface area contributed by atoms with Crippen molar-refractivity contribution >= 4 is 12.3 Å². The highest BCUT2D eigenvalue weighted by molar-refractivity contribution is 5.72. The molecule has 0 aromatic carbocycles. The second-order valence-electron chi connectivity index (χ2n) is 4.35. The number of unbranched alkanes of at least 4 members (excludes halogenated alkanes) is 1. The van der Waals surface area contributed by atoms with Crippen molar-refractivity contribution in [3.63, 3.8) is 0 Å². The Morgan fingerprint density at radius 2 is 1.94 bits per heavy atom. The highest BCUT2D eigenvalue weighted by Crippen LogP contribution is 2.28. The zero-order valence-electron chi connectivity index (χ0n) is 9.56. The van der Waals surface area contributed by atoms with Gasteiger partial charge in [-0.2, -0.15) is 0 Å². The zero-order valence-corrected chi connectivity index (χ0v) is 9.56. The van der Waals surface area contributed by atoms with Crippen LogP contribution in [0, 0.1) is 11.8 Å². The molecule has 4 heteroatoms. The van der Waals surface area contributed by atoms with Crippen molar-refractivity contribution < 1.29 is 19.4 Å². The third kappa shape index (κ3) is 4.31. The van der Waals surface area contributed by atoms with Crippen molar-refractivity contribution in [3.05, 3.63) is 0 Å². The number of carbonyl (C=O) groups excluding carboxylic acids is 2. The monoisotopic (exact) mass is 228 g/mol. The number of aliphatic hydroxyl groups is 1. The lowest BCUT2D eigenvalue weighted by molar-refractivity contribution is -0.150. The average Bonchev–Trinajstić information content (AvgIpc) is 2.34. The van der Waals surface area contributed by atoms with Crippen molar-refractivity contribution in [3.8, 4) is 0 Å². The summed E-state index contributed by atoms with van der Waals surface area (Å²) in [6.07, 6.45) is 5.52. The summed E-state index contributed by atoms with van der Waals surface area (Å²) in [6, 6.07) is 0. The van der Waals surface area contributed by atoms with Gasteiger partial charge in [0.05, 0.1) is 12.5 Å². The minimum absolute atomic E-state index is 0.0228. The Labute approximate surface area is 96.0 Å². The summed E-state index contributed by atoms with van der Waals surface area (Å²) in [5.41, 5.74) is 0. The predicted octanol–water partition coefficient (Wildman–Crippen LogP) is 1.31. The van der Waals surface area contributed by atoms with Crippen LogP contribution in [0.3, 0.4) is 0 Å². The van der Waals surface area contributed by atoms with Crippen LogP contribution < -0.4 is 0 Å². The molecule has 1 rings (SSSR count). The summed E-state index contributed by atoms with van der Waals surface area (Å²) >= 11 is 0. The van der Waals surface area contributed by atoms with Crippen molar-refractivity contribution in [2.24, 2.45) is 11.8 Å². The van der Waals surface area contributed by atoms with Gasteiger partial charge in [-0.25, -0.2) is 0 Å². The number of ether oxygens (including phenoxy) is 1. The van der Waals surface area contributed by atoms with Crippen LogP contribution in [0.4, 0.5) is 0 Å². The van der Waals surface area contributed by atoms with E-state index in [9.17, 15) is 9.59 Å². The van der Waals surface area contributed by atoms with Crippen molar-refractivity contribution in [1.29, 1.82) is 0 Å². The molecule has 1 saturated carbocycles. The van der Waals surface area contributed by atoms with Gasteiger partial charge in [0.1, 0.15) is 6.29 Å². The SMILES string of the molecule is O=CC1CCC(C(=O)OCCCCO)CC1. The lowest BCUT2D eigenvalue weighted by atomic mass is 9.83. The fourth-order valence-electron chi connectivity index (χ4n) is 2.00. The smallest absolute Gasteiger partial charge is 0.308 e. The number of carbonyl (C=O) groups is 2. The molecule has 1 aliphatic carbocycles. The molecule has 92 valence electrons. The molecule has 4 nitrogen and oxygen atoms in total. The molecule has 0 spiro atoms. The maximum absolute atomic E-state index is 11.6. The molecule has 0 radical (unpaired) electrons. The number of aliphatic hydroxyl groups excluding tert-OH is 1. The first-order valence-electron chi connectivity index (χ1n) is 6.00. The van der Waals surface area contributed by atoms with Crippen LogP contribution in [0.25, 0.3) is 0 Å². The molecule has 0 saturated heterocycles. The molecule has 0 bridgehead atoms. The Balaban J connectivity index is 2.15. The van der Waals surface area contributed by atoms with E-state index in [1.165, 1.54) is 0 Å². The van der Waals surface area contributed by atoms with E-state index in [4.69, 9.17) is 9.84 Å². The van der Waals surface area contributed by atoms with Gasteiger partial charge >= 0.3 is 5.97 Å². The third-order valence-electron chi connectivity index (χ3n) is 3.09. The molecule has 1 N–H and O–H groups in total. The Morgan fingerprint density at radius 3 is 2.50 bits per heavy atom. The first-order chi connectivity index (χ1) is 7.77. The molecule has 0 atom stereocenters. The Morgan fingerprint density at radius 1 is 1.25 bits per heavy atom. The summed E-state index contributed by atoms with van der Waals surface area (Å²) < 4.78 is 5.11. The summed E-state index contributed by atoms with van der Waals surface area (Å²) in [5, 5.41) is 8.56. The summed E-state index contributed by atoms with van der Waals surface area (Å²) in [4.78, 5) is 22.1. The first kappa shape index (κ1) is 13.2. The number of rotatable bonds is 6. The van der Waals surface area contributed by atoms with Gasteiger partial charge in [-0.05, 0) is 38.5 Å². The molecule has 0 aliphatic heterocycles. The lowest BCUT2D eigenvalue weighted by Crippen LogP contribution is -2.24. The summed E-state index contributed by atoms with van der Waals surface area (Å²) in [5.74, 6) is -0.0222. The third-order valence-corrected chi connectivity index (χ3v) is 3.09. The van der Waals surface area contributed by atoms with Crippen LogP contribution in [-0.2, 0) is 14.3 Å². The van der Waals surface area contributed by atoms with Gasteiger partial charge in [0, 0.05) is 12.5 Å². The number of esters is 1. The van der Waals surface area contributed by atoms with Crippen LogP contribution in [-0.4, -0.2) is 30.6 Å². The minimum atomic E-state index is -0.137. The molecule has 1 fully saturated rings. The molecular weight excluding hydrogens is 208 g/mol. The highest BCUT2D eigenvalue weighted by atomic mass is 16.5. The van der Waals surface area contributed by atoms with Gasteiger partial charge in [-0.1, -0.05) is 0 Å². The van der Waals surface area contributed by atoms with Crippen molar-refractivity contribution in [1.82, 2.24) is 0 Å². The Bertz CT molecular complexity index is 219. The van der Waals surface area contributed by atoms with Gasteiger partial charge in [-0.15, -0.1) is 0 Å². The van der Waals surface area contributed by atoms with Crippen LogP contribution in [0.1, 0.15) is 38.5 Å². The molecular formula is C12H20O4. The van der Waals surface area contributed by atoms with Crippen LogP contribution in [0.15, 0.2) is 0 Å². The molecule has 16 heavy (non-hydrogen) atoms. The van der Waals surface area contributed by atoms with Crippen molar-refractivity contribution in [2.75, 3.05) is 13.2 Å². The van der Waals surface area contributed by atoms with Crippen LogP contribution in [0.2, 0.25) is 0 Å². The van der Waals surface area contributed by atoms with E-state index < -0.39 is 0 Å². The second kappa shape index (κ2) is 7.39. The van der Waals surface area contributed by atoms with E-state index in [0.29, 0.717) is 19.4 Å². The van der Waals surface area contributed by atoms with E-state index in [-0.39, 0.29) is 24.4 Å². The minimum Gasteiger partial charge on any atom is -0.465 e. The highest BCUT2D eigenvalue weighted by Gasteiger charge is 2.26. The van der Waals surface area contributed by atoms with Gasteiger partial charge in [0.15, 0.2) is 0 Å². The Hall–Kier alpha value is -0.900. The largest absolute Gasteiger partial charge is 0.465 e. The quantitative estimate of drug-likeness (QED) is 0.423. The fourth-order valence-corrected chi connectivity index (χ4v) is 2.00. The summed E-state index contributed by atoms with van der Waals surface area (Å²) in [6.45, 7) is 0.537. The molecule has 0 amide bonds. The van der Waals surface area contributed by atoms with E-state index >= 15 is 0 Å². The van der Waals surface area contributed by atoms with E-state index in [2.05, 4.69) is 0 Å². The molecule has 1 aliphatic rings. The van der Waals surface area contributed by atoms with Crippen LogP contribution >= 0.6 is 0 Å². The number of hydrogen-bond acceptors (Lipinski definition) is 4. The topological polar surface area (TPSA) is 63.6 Å². The second-order valence-corrected chi connectivity index (χ2v) is 4.35. The number of hydrogen-bond donors (Lipinski definition) is 1. The predicted molar refractivity (Wildman–Crippen MR) is 58.8 cm³/mol. The maximum atomic E-state index is 11.6. The van der Waals surface area contributed by atoms with Gasteiger partial charge < -0.3 is 14.6 Å². The van der Waals surface area contributed by atoms with Crippen molar-refractivity contribution in [2.45, 2.75) is 38.5 Å². The molecule has 0 unspecified atom stereocenters. The van der Waals surface area contributed by atoms with E-state index in [1.807, 2.05) is 0 Å². The van der Waals surface area contributed by atoms with E-state index in [0.717, 1.165) is 32.0 Å². The summed E-state index contributed by atoms with van der Waals surface area (Å²) in [7, 11) is 0. The van der Waals surface area contributed by atoms with Gasteiger partial charge in [0.25, 0.3) is 0 Å². The number of aldehydes is 1. The molecule has 0 heterocycles. The van der Waals surface area contributed by atoms with Gasteiger partial charge in [0.2, 0.25) is 0 Å². The zero-order chi connectivity index (χ0) is 11.8. The molecule has 0 aromatic heterocycles. The average molecular weight is 228 g/mol. The Kier molecular flexibility index (Phi) is 6.08. The normalized spacial score (nSPS) is 25.1. The van der Waals surface area contributed by atoms with E-state index in [1.54, 1.807) is 0 Å².